The Labute approximate surface area is 133 Å². The Balaban J connectivity index is 1.96. The lowest BCUT2D eigenvalue weighted by Crippen LogP contribution is -2.38. The molecule has 2 rings (SSSR count). The first kappa shape index (κ1) is 16.5. The monoisotopic (exact) mass is 324 g/mol. The lowest BCUT2D eigenvalue weighted by atomic mass is 10.1. The smallest absolute Gasteiger partial charge is 0.242 e. The third kappa shape index (κ3) is 4.29. The number of carbonyl (C=O) groups is 1. The van der Waals surface area contributed by atoms with Crippen molar-refractivity contribution >= 4 is 17.5 Å². The van der Waals surface area contributed by atoms with Gasteiger partial charge in [0, 0.05) is 12.7 Å². The van der Waals surface area contributed by atoms with Crippen molar-refractivity contribution in [3.05, 3.63) is 53.1 Å². The molecule has 1 aromatic heterocycles. The average molecular weight is 325 g/mol. The first-order valence-electron chi connectivity index (χ1n) is 6.85. The van der Waals surface area contributed by atoms with Crippen LogP contribution >= 0.6 is 11.6 Å². The van der Waals surface area contributed by atoms with Crippen molar-refractivity contribution in [2.75, 3.05) is 20.6 Å². The van der Waals surface area contributed by atoms with Crippen LogP contribution < -0.4 is 5.32 Å². The van der Waals surface area contributed by atoms with Gasteiger partial charge in [0.05, 0.1) is 17.8 Å². The summed E-state index contributed by atoms with van der Waals surface area (Å²) in [6.45, 7) is 0.963. The molecule has 1 amide bonds. The van der Waals surface area contributed by atoms with Crippen LogP contribution in [-0.2, 0) is 11.3 Å². The summed E-state index contributed by atoms with van der Waals surface area (Å²) in [6, 6.07) is 5.47. The molecule has 1 atom stereocenters. The molecule has 0 bridgehead atoms. The number of amides is 1. The van der Waals surface area contributed by atoms with Crippen LogP contribution in [0.3, 0.4) is 0 Å². The number of rotatable bonds is 6. The zero-order valence-electron chi connectivity index (χ0n) is 12.5. The molecule has 7 heteroatoms. The van der Waals surface area contributed by atoms with Gasteiger partial charge >= 0.3 is 0 Å². The van der Waals surface area contributed by atoms with Crippen LogP contribution in [0.15, 0.2) is 36.7 Å². The number of aromatic nitrogens is 2. The SMILES string of the molecule is CN(C)C(C(=O)NCCn1cc(Cl)cn1)c1ccc(F)cc1. The number of nitrogens with one attached hydrogen (secondary N) is 1. The molecule has 1 N–H and O–H groups in total. The quantitative estimate of drug-likeness (QED) is 0.885. The number of nitrogens with zero attached hydrogens (tertiary/aromatic N) is 3. The highest BCUT2D eigenvalue weighted by molar-refractivity contribution is 6.30. The van der Waals surface area contributed by atoms with E-state index in [-0.39, 0.29) is 11.7 Å². The Morgan fingerprint density at radius 3 is 2.64 bits per heavy atom. The van der Waals surface area contributed by atoms with Crippen molar-refractivity contribution in [3.8, 4) is 0 Å². The molecule has 22 heavy (non-hydrogen) atoms. The van der Waals surface area contributed by atoms with Gasteiger partial charge in [-0.2, -0.15) is 5.10 Å². The molecule has 0 fully saturated rings. The Hall–Kier alpha value is -1.92. The Morgan fingerprint density at radius 2 is 2.09 bits per heavy atom. The Morgan fingerprint density at radius 1 is 1.41 bits per heavy atom. The average Bonchev–Trinajstić information content (AvgIpc) is 2.86. The molecule has 1 heterocycles. The van der Waals surface area contributed by atoms with Crippen molar-refractivity contribution in [3.63, 3.8) is 0 Å². The number of carbonyl (C=O) groups excluding carboxylic acids is 1. The number of halogens is 2. The maximum Gasteiger partial charge on any atom is 0.242 e. The maximum atomic E-state index is 13.0. The minimum Gasteiger partial charge on any atom is -0.353 e. The molecule has 0 aliphatic heterocycles. The predicted molar refractivity (Wildman–Crippen MR) is 83.1 cm³/mol. The van der Waals surface area contributed by atoms with Gasteiger partial charge in [-0.25, -0.2) is 4.39 Å². The highest BCUT2D eigenvalue weighted by atomic mass is 35.5. The first-order chi connectivity index (χ1) is 10.5. The van der Waals surface area contributed by atoms with Gasteiger partial charge in [-0.3, -0.25) is 14.4 Å². The summed E-state index contributed by atoms with van der Waals surface area (Å²) < 4.78 is 14.7. The summed E-state index contributed by atoms with van der Waals surface area (Å²) in [5.41, 5.74) is 0.742. The van der Waals surface area contributed by atoms with Gasteiger partial charge < -0.3 is 5.32 Å². The van der Waals surface area contributed by atoms with Gasteiger partial charge in [0.1, 0.15) is 11.9 Å². The molecule has 5 nitrogen and oxygen atoms in total. The first-order valence-corrected chi connectivity index (χ1v) is 7.22. The van der Waals surface area contributed by atoms with E-state index in [1.807, 2.05) is 0 Å². The van der Waals surface area contributed by atoms with E-state index < -0.39 is 6.04 Å². The van der Waals surface area contributed by atoms with E-state index in [2.05, 4.69) is 10.4 Å². The van der Waals surface area contributed by atoms with Gasteiger partial charge in [-0.1, -0.05) is 23.7 Å². The third-order valence-electron chi connectivity index (χ3n) is 3.19. The third-order valence-corrected chi connectivity index (χ3v) is 3.39. The fourth-order valence-electron chi connectivity index (χ4n) is 2.18. The van der Waals surface area contributed by atoms with E-state index >= 15 is 0 Å². The van der Waals surface area contributed by atoms with E-state index in [0.29, 0.717) is 18.1 Å². The molecule has 0 spiro atoms. The molecule has 1 aromatic carbocycles. The highest BCUT2D eigenvalue weighted by Crippen LogP contribution is 2.18. The molecular formula is C15H18ClFN4O. The van der Waals surface area contributed by atoms with Crippen LogP contribution in [0.5, 0.6) is 0 Å². The molecule has 0 saturated heterocycles. The molecule has 118 valence electrons. The van der Waals surface area contributed by atoms with Crippen LogP contribution in [-0.4, -0.2) is 41.2 Å². The second kappa shape index (κ2) is 7.38. The molecule has 1 unspecified atom stereocenters. The number of hydrogen-bond donors (Lipinski definition) is 1. The van der Waals surface area contributed by atoms with Crippen molar-refractivity contribution in [1.29, 1.82) is 0 Å². The zero-order chi connectivity index (χ0) is 16.1. The van der Waals surface area contributed by atoms with Crippen molar-refractivity contribution in [2.24, 2.45) is 0 Å². The number of benzene rings is 1. The molecule has 0 saturated carbocycles. The summed E-state index contributed by atoms with van der Waals surface area (Å²) >= 11 is 5.78. The van der Waals surface area contributed by atoms with Gasteiger partial charge in [0.25, 0.3) is 0 Å². The number of hydrogen-bond acceptors (Lipinski definition) is 3. The minimum absolute atomic E-state index is 0.144. The second-order valence-corrected chi connectivity index (χ2v) is 5.57. The van der Waals surface area contributed by atoms with Crippen molar-refractivity contribution in [1.82, 2.24) is 20.0 Å². The topological polar surface area (TPSA) is 50.2 Å². The Kier molecular flexibility index (Phi) is 5.51. The highest BCUT2D eigenvalue weighted by Gasteiger charge is 2.22. The zero-order valence-corrected chi connectivity index (χ0v) is 13.2. The largest absolute Gasteiger partial charge is 0.353 e. The van der Waals surface area contributed by atoms with Crippen LogP contribution in [0.4, 0.5) is 4.39 Å². The molecule has 0 aliphatic carbocycles. The molecule has 0 radical (unpaired) electrons. The van der Waals surface area contributed by atoms with E-state index in [1.54, 1.807) is 48.2 Å². The predicted octanol–water partition coefficient (Wildman–Crippen LogP) is 2.09. The minimum atomic E-state index is -0.471. The summed E-state index contributed by atoms with van der Waals surface area (Å²) in [7, 11) is 3.61. The lowest BCUT2D eigenvalue weighted by molar-refractivity contribution is -0.125. The summed E-state index contributed by atoms with van der Waals surface area (Å²) in [4.78, 5) is 14.1. The normalized spacial score (nSPS) is 12.4. The Bertz CT molecular complexity index is 627. The van der Waals surface area contributed by atoms with Crippen molar-refractivity contribution in [2.45, 2.75) is 12.6 Å². The van der Waals surface area contributed by atoms with Crippen LogP contribution in [0.25, 0.3) is 0 Å². The van der Waals surface area contributed by atoms with Gasteiger partial charge in [-0.05, 0) is 31.8 Å². The van der Waals surface area contributed by atoms with E-state index in [4.69, 9.17) is 11.6 Å². The van der Waals surface area contributed by atoms with Crippen LogP contribution in [0, 0.1) is 5.82 Å². The summed E-state index contributed by atoms with van der Waals surface area (Å²) in [5, 5.41) is 7.46. The molecule has 2 aromatic rings. The van der Waals surface area contributed by atoms with Gasteiger partial charge in [-0.15, -0.1) is 0 Å². The molecule has 0 aliphatic rings. The van der Waals surface area contributed by atoms with Gasteiger partial charge in [0.15, 0.2) is 0 Å². The standard InChI is InChI=1S/C15H18ClFN4O/c1-20(2)14(11-3-5-13(17)6-4-11)15(22)18-7-8-21-10-12(16)9-19-21/h3-6,9-10,14H,7-8H2,1-2H3,(H,18,22). The fourth-order valence-corrected chi connectivity index (χ4v) is 2.34. The lowest BCUT2D eigenvalue weighted by Gasteiger charge is -2.23. The van der Waals surface area contributed by atoms with E-state index in [1.165, 1.54) is 12.1 Å². The fraction of sp³-hybridized carbons (Fsp3) is 0.333. The van der Waals surface area contributed by atoms with Crippen molar-refractivity contribution < 1.29 is 9.18 Å². The molecular weight excluding hydrogens is 307 g/mol. The summed E-state index contributed by atoms with van der Waals surface area (Å²) in [5.74, 6) is -0.466. The van der Waals surface area contributed by atoms with E-state index in [0.717, 1.165) is 5.56 Å². The number of likely N-dealkylation sites (N-methyl/N-ethyl adjacent to an activating group) is 1. The second-order valence-electron chi connectivity index (χ2n) is 5.13. The maximum absolute atomic E-state index is 13.0. The van der Waals surface area contributed by atoms with Crippen LogP contribution in [0.1, 0.15) is 11.6 Å². The summed E-state index contributed by atoms with van der Waals surface area (Å²) in [6.07, 6.45) is 3.24. The van der Waals surface area contributed by atoms with E-state index in [9.17, 15) is 9.18 Å². The van der Waals surface area contributed by atoms with Crippen LogP contribution in [0.2, 0.25) is 5.02 Å². The van der Waals surface area contributed by atoms with Gasteiger partial charge in [0.2, 0.25) is 5.91 Å².